The second-order valence-corrected chi connectivity index (χ2v) is 3.46. The summed E-state index contributed by atoms with van der Waals surface area (Å²) in [5.74, 6) is 0.614. The Morgan fingerprint density at radius 3 is 2.53 bits per heavy atom. The summed E-state index contributed by atoms with van der Waals surface area (Å²) < 4.78 is 0. The molecule has 0 radical (unpaired) electrons. The first-order chi connectivity index (χ1) is 7.33. The first-order valence-corrected chi connectivity index (χ1v) is 4.95. The van der Waals surface area contributed by atoms with Crippen LogP contribution in [-0.2, 0) is 6.54 Å². The maximum Gasteiger partial charge on any atom is 0.160 e. The lowest BCUT2D eigenvalue weighted by molar-refractivity contribution is 1.06. The second-order valence-electron chi connectivity index (χ2n) is 3.05. The molecule has 0 amide bonds. The maximum absolute atomic E-state index is 6.11. The van der Waals surface area contributed by atoms with Gasteiger partial charge in [-0.2, -0.15) is 0 Å². The molecular formula is C11H10ClN3. The molecule has 1 aromatic carbocycles. The summed E-state index contributed by atoms with van der Waals surface area (Å²) in [5, 5.41) is 0.629. The van der Waals surface area contributed by atoms with Crippen molar-refractivity contribution in [2.24, 2.45) is 5.73 Å². The lowest BCUT2D eigenvalue weighted by Crippen LogP contribution is -2.01. The van der Waals surface area contributed by atoms with Crippen molar-refractivity contribution in [3.05, 3.63) is 47.2 Å². The van der Waals surface area contributed by atoms with E-state index < -0.39 is 0 Å². The number of hydrogen-bond donors (Lipinski definition) is 1. The van der Waals surface area contributed by atoms with E-state index in [9.17, 15) is 0 Å². The van der Waals surface area contributed by atoms with Crippen LogP contribution >= 0.6 is 11.6 Å². The van der Waals surface area contributed by atoms with E-state index in [-0.39, 0.29) is 0 Å². The Balaban J connectivity index is 2.61. The first kappa shape index (κ1) is 10.1. The molecule has 76 valence electrons. The van der Waals surface area contributed by atoms with Crippen LogP contribution in [0, 0.1) is 0 Å². The van der Waals surface area contributed by atoms with E-state index in [1.54, 1.807) is 18.5 Å². The highest BCUT2D eigenvalue weighted by Gasteiger charge is 2.09. The summed E-state index contributed by atoms with van der Waals surface area (Å²) in [4.78, 5) is 8.33. The zero-order chi connectivity index (χ0) is 10.7. The summed E-state index contributed by atoms with van der Waals surface area (Å²) in [6.45, 7) is 0.425. The smallest absolute Gasteiger partial charge is 0.160 e. The van der Waals surface area contributed by atoms with Gasteiger partial charge in [0.05, 0.1) is 5.02 Å². The van der Waals surface area contributed by atoms with Gasteiger partial charge in [-0.3, -0.25) is 0 Å². The molecule has 0 saturated heterocycles. The Kier molecular flexibility index (Phi) is 2.94. The molecule has 0 saturated carbocycles. The number of hydrogen-bond acceptors (Lipinski definition) is 3. The minimum Gasteiger partial charge on any atom is -0.326 e. The normalized spacial score (nSPS) is 10.3. The van der Waals surface area contributed by atoms with Crippen LogP contribution in [0.3, 0.4) is 0 Å². The van der Waals surface area contributed by atoms with Gasteiger partial charge in [-0.1, -0.05) is 23.7 Å². The van der Waals surface area contributed by atoms with Crippen molar-refractivity contribution in [3.8, 4) is 11.4 Å². The van der Waals surface area contributed by atoms with Crippen molar-refractivity contribution in [3.63, 3.8) is 0 Å². The molecule has 0 aliphatic rings. The van der Waals surface area contributed by atoms with Crippen LogP contribution in [0.4, 0.5) is 0 Å². The molecule has 0 fully saturated rings. The predicted molar refractivity (Wildman–Crippen MR) is 60.4 cm³/mol. The van der Waals surface area contributed by atoms with Crippen LogP contribution in [-0.4, -0.2) is 9.97 Å². The highest BCUT2D eigenvalue weighted by Crippen LogP contribution is 2.28. The summed E-state index contributed by atoms with van der Waals surface area (Å²) in [6.07, 6.45) is 3.37. The Bertz CT molecular complexity index is 457. The number of nitrogens with two attached hydrogens (primary N) is 1. The predicted octanol–water partition coefficient (Wildman–Crippen LogP) is 2.26. The van der Waals surface area contributed by atoms with Gasteiger partial charge in [-0.25, -0.2) is 9.97 Å². The molecule has 2 N–H and O–H groups in total. The monoisotopic (exact) mass is 219 g/mol. The molecule has 2 rings (SSSR count). The average Bonchev–Trinajstić information content (AvgIpc) is 2.29. The van der Waals surface area contributed by atoms with Crippen molar-refractivity contribution in [2.75, 3.05) is 0 Å². The Morgan fingerprint density at radius 1 is 1.13 bits per heavy atom. The fourth-order valence-electron chi connectivity index (χ4n) is 1.42. The molecule has 1 aromatic heterocycles. The van der Waals surface area contributed by atoms with E-state index in [0.717, 1.165) is 11.1 Å². The molecule has 1 heterocycles. The molecule has 0 bridgehead atoms. The van der Waals surface area contributed by atoms with Crippen LogP contribution < -0.4 is 5.73 Å². The number of benzene rings is 1. The fraction of sp³-hybridized carbons (Fsp3) is 0.0909. The molecule has 15 heavy (non-hydrogen) atoms. The van der Waals surface area contributed by atoms with Crippen molar-refractivity contribution in [2.45, 2.75) is 6.54 Å². The van der Waals surface area contributed by atoms with Crippen molar-refractivity contribution >= 4 is 11.6 Å². The van der Waals surface area contributed by atoms with Gasteiger partial charge in [0.25, 0.3) is 0 Å². The molecule has 2 aromatic rings. The quantitative estimate of drug-likeness (QED) is 0.843. The van der Waals surface area contributed by atoms with Crippen LogP contribution in [0.25, 0.3) is 11.4 Å². The Labute approximate surface area is 92.9 Å². The lowest BCUT2D eigenvalue weighted by Gasteiger charge is -2.07. The van der Waals surface area contributed by atoms with Crippen LogP contribution in [0.5, 0.6) is 0 Å². The summed E-state index contributed by atoms with van der Waals surface area (Å²) in [6, 6.07) is 7.38. The lowest BCUT2D eigenvalue weighted by atomic mass is 10.1. The first-order valence-electron chi connectivity index (χ1n) is 4.58. The summed E-state index contributed by atoms with van der Waals surface area (Å²) >= 11 is 6.11. The van der Waals surface area contributed by atoms with Crippen LogP contribution in [0.1, 0.15) is 5.56 Å². The second kappa shape index (κ2) is 4.38. The number of aromatic nitrogens is 2. The molecule has 0 spiro atoms. The average molecular weight is 220 g/mol. The van der Waals surface area contributed by atoms with E-state index in [1.807, 2.05) is 18.2 Å². The van der Waals surface area contributed by atoms with Crippen molar-refractivity contribution in [1.29, 1.82) is 0 Å². The van der Waals surface area contributed by atoms with E-state index in [2.05, 4.69) is 9.97 Å². The molecule has 0 aliphatic carbocycles. The van der Waals surface area contributed by atoms with E-state index in [0.29, 0.717) is 17.4 Å². The molecular weight excluding hydrogens is 210 g/mol. The number of nitrogens with zero attached hydrogens (tertiary/aromatic N) is 2. The SMILES string of the molecule is NCc1cccc(Cl)c1-c1ncccn1. The Morgan fingerprint density at radius 2 is 1.87 bits per heavy atom. The van der Waals surface area contributed by atoms with Crippen LogP contribution in [0.2, 0.25) is 5.02 Å². The topological polar surface area (TPSA) is 51.8 Å². The van der Waals surface area contributed by atoms with Gasteiger partial charge < -0.3 is 5.73 Å². The van der Waals surface area contributed by atoms with E-state index in [1.165, 1.54) is 0 Å². The minimum atomic E-state index is 0.425. The van der Waals surface area contributed by atoms with Gasteiger partial charge in [0, 0.05) is 24.5 Å². The third-order valence-corrected chi connectivity index (χ3v) is 2.42. The third-order valence-electron chi connectivity index (χ3n) is 2.11. The largest absolute Gasteiger partial charge is 0.326 e. The molecule has 0 aliphatic heterocycles. The fourth-order valence-corrected chi connectivity index (χ4v) is 1.70. The summed E-state index contributed by atoms with van der Waals surface area (Å²) in [7, 11) is 0. The van der Waals surface area contributed by atoms with Gasteiger partial charge in [0.15, 0.2) is 5.82 Å². The standard InChI is InChI=1S/C11H10ClN3/c12-9-4-1-3-8(7-13)10(9)11-14-5-2-6-15-11/h1-6H,7,13H2. The van der Waals surface area contributed by atoms with Gasteiger partial charge >= 0.3 is 0 Å². The zero-order valence-electron chi connectivity index (χ0n) is 8.02. The van der Waals surface area contributed by atoms with Gasteiger partial charge in [0.2, 0.25) is 0 Å². The molecule has 0 atom stereocenters. The number of halogens is 1. The van der Waals surface area contributed by atoms with E-state index >= 15 is 0 Å². The zero-order valence-corrected chi connectivity index (χ0v) is 8.78. The highest BCUT2D eigenvalue weighted by molar-refractivity contribution is 6.33. The minimum absolute atomic E-state index is 0.425. The van der Waals surface area contributed by atoms with Gasteiger partial charge in [-0.05, 0) is 17.7 Å². The van der Waals surface area contributed by atoms with Gasteiger partial charge in [-0.15, -0.1) is 0 Å². The third kappa shape index (κ3) is 1.98. The number of rotatable bonds is 2. The van der Waals surface area contributed by atoms with Crippen molar-refractivity contribution in [1.82, 2.24) is 9.97 Å². The van der Waals surface area contributed by atoms with E-state index in [4.69, 9.17) is 17.3 Å². The van der Waals surface area contributed by atoms with Gasteiger partial charge in [0.1, 0.15) is 0 Å². The highest BCUT2D eigenvalue weighted by atomic mass is 35.5. The van der Waals surface area contributed by atoms with Crippen molar-refractivity contribution < 1.29 is 0 Å². The molecule has 4 heteroatoms. The van der Waals surface area contributed by atoms with Crippen LogP contribution in [0.15, 0.2) is 36.7 Å². The summed E-state index contributed by atoms with van der Waals surface area (Å²) in [5.41, 5.74) is 7.42. The Hall–Kier alpha value is -1.45. The molecule has 3 nitrogen and oxygen atoms in total. The maximum atomic E-state index is 6.11. The molecule has 0 unspecified atom stereocenters.